The first kappa shape index (κ1) is 17.3. The minimum Gasteiger partial charge on any atom is -0.490 e. The molecule has 1 aliphatic rings. The molecule has 0 unspecified atom stereocenters. The Morgan fingerprint density at radius 2 is 1.72 bits per heavy atom. The topological polar surface area (TPSA) is 47.0 Å². The Kier molecular flexibility index (Phi) is 5.88. The second-order valence-electron chi connectivity index (χ2n) is 6.27. The molecule has 0 amide bonds. The average molecular weight is 339 g/mol. The number of benzene rings is 1. The second kappa shape index (κ2) is 8.51. The SMILES string of the molecule is CN(C)C1=NCCCCCCOc2ccccc2Oc2ncccc21. The zero-order valence-corrected chi connectivity index (χ0v) is 14.9. The van der Waals surface area contributed by atoms with Gasteiger partial charge < -0.3 is 14.4 Å². The summed E-state index contributed by atoms with van der Waals surface area (Å²) in [6.07, 6.45) is 6.15. The maximum Gasteiger partial charge on any atom is 0.230 e. The van der Waals surface area contributed by atoms with Gasteiger partial charge in [0.2, 0.25) is 5.88 Å². The Labute approximate surface area is 149 Å². The van der Waals surface area contributed by atoms with Crippen molar-refractivity contribution in [3.63, 3.8) is 0 Å². The lowest BCUT2D eigenvalue weighted by atomic mass is 10.2. The largest absolute Gasteiger partial charge is 0.490 e. The van der Waals surface area contributed by atoms with Crippen LogP contribution in [0.2, 0.25) is 0 Å². The molecule has 132 valence electrons. The average Bonchev–Trinajstić information content (AvgIpc) is 2.62. The number of aliphatic imine (C=N–C) groups is 1. The van der Waals surface area contributed by atoms with Crippen LogP contribution in [0.25, 0.3) is 0 Å². The van der Waals surface area contributed by atoms with Crippen LogP contribution in [0.5, 0.6) is 17.4 Å². The molecule has 0 aliphatic carbocycles. The number of hydrogen-bond acceptors (Lipinski definition) is 5. The molecule has 2 aromatic rings. The molecule has 5 heteroatoms. The molecule has 0 radical (unpaired) electrons. The van der Waals surface area contributed by atoms with Gasteiger partial charge in [-0.3, -0.25) is 4.99 Å². The molecule has 0 spiro atoms. The molecule has 0 saturated carbocycles. The van der Waals surface area contributed by atoms with Crippen LogP contribution in [-0.4, -0.2) is 43.0 Å². The fourth-order valence-electron chi connectivity index (χ4n) is 2.80. The van der Waals surface area contributed by atoms with E-state index in [1.54, 1.807) is 6.20 Å². The predicted octanol–water partition coefficient (Wildman–Crippen LogP) is 4.13. The minimum absolute atomic E-state index is 0.544. The second-order valence-corrected chi connectivity index (χ2v) is 6.27. The Hall–Kier alpha value is -2.56. The molecule has 3 rings (SSSR count). The smallest absolute Gasteiger partial charge is 0.230 e. The highest BCUT2D eigenvalue weighted by molar-refractivity contribution is 6.00. The van der Waals surface area contributed by atoms with Crippen LogP contribution >= 0.6 is 0 Å². The molecule has 0 bridgehead atoms. The van der Waals surface area contributed by atoms with Crippen molar-refractivity contribution in [2.24, 2.45) is 4.99 Å². The van der Waals surface area contributed by atoms with Crippen molar-refractivity contribution < 1.29 is 9.47 Å². The molecular weight excluding hydrogens is 314 g/mol. The number of fused-ring (bicyclic) bond motifs is 2. The van der Waals surface area contributed by atoms with E-state index in [1.165, 1.54) is 0 Å². The molecule has 2 heterocycles. The molecule has 1 aromatic carbocycles. The summed E-state index contributed by atoms with van der Waals surface area (Å²) in [4.78, 5) is 11.2. The van der Waals surface area contributed by atoms with Gasteiger partial charge in [0.05, 0.1) is 12.2 Å². The monoisotopic (exact) mass is 339 g/mol. The Morgan fingerprint density at radius 1 is 0.920 bits per heavy atom. The summed E-state index contributed by atoms with van der Waals surface area (Å²) in [5.41, 5.74) is 0.888. The van der Waals surface area contributed by atoms with Gasteiger partial charge in [0, 0.05) is 26.8 Å². The van der Waals surface area contributed by atoms with Crippen molar-refractivity contribution in [1.29, 1.82) is 0 Å². The number of aromatic nitrogens is 1. The van der Waals surface area contributed by atoms with Crippen molar-refractivity contribution in [3.8, 4) is 17.4 Å². The standard InChI is InChI=1S/C20H25N3O2/c1-23(2)19-16-10-9-14-22-20(16)25-18-12-6-5-11-17(18)24-15-8-4-3-7-13-21-19/h5-6,9-12,14H,3-4,7-8,13,15H2,1-2H3. The molecule has 0 fully saturated rings. The summed E-state index contributed by atoms with van der Waals surface area (Å²) in [6, 6.07) is 11.6. The first-order valence-corrected chi connectivity index (χ1v) is 8.82. The maximum atomic E-state index is 6.12. The van der Waals surface area contributed by atoms with Gasteiger partial charge >= 0.3 is 0 Å². The van der Waals surface area contributed by atoms with E-state index in [4.69, 9.17) is 14.5 Å². The van der Waals surface area contributed by atoms with Crippen LogP contribution < -0.4 is 9.47 Å². The first-order valence-electron chi connectivity index (χ1n) is 8.82. The lowest BCUT2D eigenvalue weighted by Crippen LogP contribution is -2.24. The summed E-state index contributed by atoms with van der Waals surface area (Å²) in [5.74, 6) is 2.86. The third-order valence-electron chi connectivity index (χ3n) is 4.06. The zero-order valence-electron chi connectivity index (χ0n) is 14.9. The highest BCUT2D eigenvalue weighted by Gasteiger charge is 2.16. The van der Waals surface area contributed by atoms with Crippen LogP contribution in [0.3, 0.4) is 0 Å². The van der Waals surface area contributed by atoms with E-state index in [9.17, 15) is 0 Å². The quantitative estimate of drug-likeness (QED) is 0.724. The number of para-hydroxylation sites is 2. The number of ether oxygens (including phenoxy) is 2. The molecule has 25 heavy (non-hydrogen) atoms. The summed E-state index contributed by atoms with van der Waals surface area (Å²) in [6.45, 7) is 1.50. The Balaban J connectivity index is 2.01. The normalized spacial score (nSPS) is 15.5. The van der Waals surface area contributed by atoms with E-state index in [-0.39, 0.29) is 0 Å². The van der Waals surface area contributed by atoms with Gasteiger partial charge in [-0.1, -0.05) is 18.6 Å². The van der Waals surface area contributed by atoms with Gasteiger partial charge in [0.25, 0.3) is 0 Å². The molecular formula is C20H25N3O2. The molecule has 5 nitrogen and oxygen atoms in total. The van der Waals surface area contributed by atoms with E-state index in [2.05, 4.69) is 4.98 Å². The lowest BCUT2D eigenvalue weighted by molar-refractivity contribution is 0.290. The number of hydrogen-bond donors (Lipinski definition) is 0. The van der Waals surface area contributed by atoms with Crippen LogP contribution in [0, 0.1) is 0 Å². The van der Waals surface area contributed by atoms with Crippen molar-refractivity contribution in [2.45, 2.75) is 25.7 Å². The van der Waals surface area contributed by atoms with Gasteiger partial charge in [-0.25, -0.2) is 4.98 Å². The van der Waals surface area contributed by atoms with E-state index in [1.807, 2.05) is 55.4 Å². The molecule has 0 atom stereocenters. The number of nitrogens with zero attached hydrogens (tertiary/aromatic N) is 3. The van der Waals surface area contributed by atoms with Crippen LogP contribution in [0.4, 0.5) is 0 Å². The van der Waals surface area contributed by atoms with Crippen LogP contribution in [0.15, 0.2) is 47.6 Å². The zero-order chi connectivity index (χ0) is 17.5. The fourth-order valence-corrected chi connectivity index (χ4v) is 2.80. The lowest BCUT2D eigenvalue weighted by Gasteiger charge is -2.19. The Morgan fingerprint density at radius 3 is 2.56 bits per heavy atom. The number of amidine groups is 1. The highest BCUT2D eigenvalue weighted by atomic mass is 16.5. The van der Waals surface area contributed by atoms with Crippen LogP contribution in [0.1, 0.15) is 31.2 Å². The van der Waals surface area contributed by atoms with Gasteiger partial charge in [0.15, 0.2) is 11.5 Å². The summed E-state index contributed by atoms with van der Waals surface area (Å²) in [7, 11) is 3.99. The van der Waals surface area contributed by atoms with Gasteiger partial charge in [-0.2, -0.15) is 0 Å². The maximum absolute atomic E-state index is 6.12. The highest BCUT2D eigenvalue weighted by Crippen LogP contribution is 2.32. The fraction of sp³-hybridized carbons (Fsp3) is 0.400. The third-order valence-corrected chi connectivity index (χ3v) is 4.06. The molecule has 1 aliphatic heterocycles. The van der Waals surface area contributed by atoms with E-state index >= 15 is 0 Å². The molecule has 0 saturated heterocycles. The molecule has 1 aromatic heterocycles. The van der Waals surface area contributed by atoms with Crippen molar-refractivity contribution in [2.75, 3.05) is 27.2 Å². The predicted molar refractivity (Wildman–Crippen MR) is 99.8 cm³/mol. The van der Waals surface area contributed by atoms with Crippen molar-refractivity contribution in [1.82, 2.24) is 9.88 Å². The van der Waals surface area contributed by atoms with E-state index < -0.39 is 0 Å². The summed E-state index contributed by atoms with van der Waals surface area (Å²) in [5, 5.41) is 0. The minimum atomic E-state index is 0.544. The van der Waals surface area contributed by atoms with Crippen molar-refractivity contribution in [3.05, 3.63) is 48.2 Å². The Bertz CT molecular complexity index is 728. The summed E-state index contributed by atoms with van der Waals surface area (Å²) >= 11 is 0. The van der Waals surface area contributed by atoms with E-state index in [0.717, 1.165) is 49.4 Å². The first-order chi connectivity index (χ1) is 12.3. The van der Waals surface area contributed by atoms with Crippen LogP contribution in [-0.2, 0) is 0 Å². The van der Waals surface area contributed by atoms with E-state index in [0.29, 0.717) is 18.2 Å². The number of rotatable bonds is 0. The van der Waals surface area contributed by atoms with Gasteiger partial charge in [-0.05, 0) is 43.5 Å². The number of pyridine rings is 1. The van der Waals surface area contributed by atoms with Gasteiger partial charge in [0.1, 0.15) is 5.84 Å². The van der Waals surface area contributed by atoms with Crippen molar-refractivity contribution >= 4 is 5.84 Å². The summed E-state index contributed by atoms with van der Waals surface area (Å²) < 4.78 is 12.1. The molecule has 0 N–H and O–H groups in total. The van der Waals surface area contributed by atoms with Gasteiger partial charge in [-0.15, -0.1) is 0 Å². The third kappa shape index (κ3) is 4.50.